The first-order chi connectivity index (χ1) is 13.4. The zero-order valence-corrected chi connectivity index (χ0v) is 17.2. The number of aromatic nitrogens is 2. The summed E-state index contributed by atoms with van der Waals surface area (Å²) in [6.45, 7) is 8.17. The van der Waals surface area contributed by atoms with Crippen molar-refractivity contribution in [2.75, 3.05) is 29.9 Å². The van der Waals surface area contributed by atoms with E-state index in [1.807, 2.05) is 30.8 Å². The predicted molar refractivity (Wildman–Crippen MR) is 111 cm³/mol. The smallest absolute Gasteiger partial charge is 0.312 e. The summed E-state index contributed by atoms with van der Waals surface area (Å²) >= 11 is 1.98. The zero-order valence-electron chi connectivity index (χ0n) is 16.4. The maximum atomic E-state index is 12.5. The summed E-state index contributed by atoms with van der Waals surface area (Å²) in [4.78, 5) is 25.6. The quantitative estimate of drug-likeness (QED) is 0.589. The Labute approximate surface area is 168 Å². The lowest BCUT2D eigenvalue weighted by molar-refractivity contribution is -0.386. The van der Waals surface area contributed by atoms with Crippen molar-refractivity contribution in [2.24, 2.45) is 0 Å². The van der Waals surface area contributed by atoms with Gasteiger partial charge in [-0.3, -0.25) is 24.5 Å². The Morgan fingerprint density at radius 2 is 2.00 bits per heavy atom. The van der Waals surface area contributed by atoms with Crippen LogP contribution < -0.4 is 5.32 Å². The van der Waals surface area contributed by atoms with Gasteiger partial charge in [-0.2, -0.15) is 16.9 Å². The van der Waals surface area contributed by atoms with E-state index in [1.54, 1.807) is 13.8 Å². The summed E-state index contributed by atoms with van der Waals surface area (Å²) in [5.41, 5.74) is 3.68. The minimum absolute atomic E-state index is 0.0364. The first-order valence-corrected chi connectivity index (χ1v) is 10.4. The van der Waals surface area contributed by atoms with Crippen LogP contribution in [0.2, 0.25) is 0 Å². The lowest BCUT2D eigenvalue weighted by atomic mass is 10.1. The van der Waals surface area contributed by atoms with Crippen LogP contribution in [-0.2, 0) is 17.9 Å². The zero-order chi connectivity index (χ0) is 20.3. The number of amides is 1. The Bertz CT molecular complexity index is 890. The highest BCUT2D eigenvalue weighted by Crippen LogP contribution is 2.23. The molecule has 0 radical (unpaired) electrons. The van der Waals surface area contributed by atoms with E-state index in [2.05, 4.69) is 21.4 Å². The molecule has 1 aromatic carbocycles. The highest BCUT2D eigenvalue weighted by Gasteiger charge is 2.23. The number of rotatable bonds is 6. The number of thioether (sulfide) groups is 1. The molecule has 28 heavy (non-hydrogen) atoms. The van der Waals surface area contributed by atoms with E-state index in [-0.39, 0.29) is 18.1 Å². The van der Waals surface area contributed by atoms with E-state index in [1.165, 1.54) is 10.2 Å². The fourth-order valence-electron chi connectivity index (χ4n) is 3.42. The van der Waals surface area contributed by atoms with Gasteiger partial charge in [0.15, 0.2) is 0 Å². The molecule has 8 nitrogen and oxygen atoms in total. The third-order valence-corrected chi connectivity index (χ3v) is 5.98. The molecule has 150 valence electrons. The van der Waals surface area contributed by atoms with E-state index in [4.69, 9.17) is 0 Å². The molecule has 1 aliphatic rings. The summed E-state index contributed by atoms with van der Waals surface area (Å²) in [7, 11) is 0. The van der Waals surface area contributed by atoms with Crippen molar-refractivity contribution >= 4 is 29.0 Å². The number of hydrogen-bond acceptors (Lipinski definition) is 6. The molecule has 3 rings (SSSR count). The molecule has 2 aromatic rings. The topological polar surface area (TPSA) is 93.3 Å². The van der Waals surface area contributed by atoms with Gasteiger partial charge in [0, 0.05) is 36.8 Å². The number of anilines is 1. The second-order valence-corrected chi connectivity index (χ2v) is 8.19. The highest BCUT2D eigenvalue weighted by molar-refractivity contribution is 7.99. The van der Waals surface area contributed by atoms with Gasteiger partial charge in [-0.05, 0) is 38.0 Å². The number of aryl methyl sites for hydroxylation is 1. The maximum Gasteiger partial charge on any atom is 0.312 e. The first-order valence-electron chi connectivity index (χ1n) is 9.23. The van der Waals surface area contributed by atoms with Gasteiger partial charge in [-0.15, -0.1) is 0 Å². The van der Waals surface area contributed by atoms with E-state index >= 15 is 0 Å². The van der Waals surface area contributed by atoms with Crippen LogP contribution in [0, 0.1) is 30.9 Å². The lowest BCUT2D eigenvalue weighted by Crippen LogP contribution is -2.32. The largest absolute Gasteiger partial charge is 0.324 e. The Morgan fingerprint density at radius 1 is 1.29 bits per heavy atom. The number of hydrogen-bond donors (Lipinski definition) is 1. The van der Waals surface area contributed by atoms with E-state index in [0.717, 1.165) is 42.4 Å². The molecule has 0 saturated carbocycles. The Kier molecular flexibility index (Phi) is 6.35. The Hall–Kier alpha value is -2.39. The van der Waals surface area contributed by atoms with Crippen LogP contribution in [0.4, 0.5) is 11.4 Å². The predicted octanol–water partition coefficient (Wildman–Crippen LogP) is 2.90. The molecule has 1 fully saturated rings. The van der Waals surface area contributed by atoms with Gasteiger partial charge in [0.2, 0.25) is 5.91 Å². The average Bonchev–Trinajstić information content (AvgIpc) is 2.92. The van der Waals surface area contributed by atoms with Crippen LogP contribution >= 0.6 is 11.8 Å². The number of benzene rings is 1. The molecular formula is C19H25N5O3S. The Morgan fingerprint density at radius 3 is 2.64 bits per heavy atom. The van der Waals surface area contributed by atoms with Gasteiger partial charge in [-0.1, -0.05) is 12.1 Å². The van der Waals surface area contributed by atoms with Gasteiger partial charge in [0.25, 0.3) is 0 Å². The number of carbonyl (C=O) groups excluding carboxylic acids is 1. The number of nitro groups is 1. The Balaban J connectivity index is 1.70. The molecule has 1 amide bonds. The SMILES string of the molecule is Cc1nn(CC(=O)Nc2cccc(CN3CCSCC3)c2C)c(C)c1[N+](=O)[O-]. The van der Waals surface area contributed by atoms with Crippen molar-refractivity contribution in [1.82, 2.24) is 14.7 Å². The van der Waals surface area contributed by atoms with Crippen LogP contribution in [-0.4, -0.2) is 50.1 Å². The average molecular weight is 404 g/mol. The molecule has 0 spiro atoms. The number of nitrogens with zero attached hydrogens (tertiary/aromatic N) is 4. The molecule has 1 aliphatic heterocycles. The van der Waals surface area contributed by atoms with Crippen molar-refractivity contribution in [2.45, 2.75) is 33.9 Å². The van der Waals surface area contributed by atoms with Crippen LogP contribution in [0.15, 0.2) is 18.2 Å². The van der Waals surface area contributed by atoms with Crippen molar-refractivity contribution in [3.05, 3.63) is 50.8 Å². The molecule has 9 heteroatoms. The van der Waals surface area contributed by atoms with Crippen LogP contribution in [0.1, 0.15) is 22.5 Å². The summed E-state index contributed by atoms with van der Waals surface area (Å²) in [6.07, 6.45) is 0. The van der Waals surface area contributed by atoms with Gasteiger partial charge < -0.3 is 5.32 Å². The second-order valence-electron chi connectivity index (χ2n) is 6.96. The van der Waals surface area contributed by atoms with E-state index in [0.29, 0.717) is 11.4 Å². The molecule has 0 aliphatic carbocycles. The minimum atomic E-state index is -0.460. The van der Waals surface area contributed by atoms with Crippen molar-refractivity contribution in [3.63, 3.8) is 0 Å². The molecule has 1 saturated heterocycles. The van der Waals surface area contributed by atoms with Crippen LogP contribution in [0.3, 0.4) is 0 Å². The maximum absolute atomic E-state index is 12.5. The van der Waals surface area contributed by atoms with Crippen molar-refractivity contribution in [1.29, 1.82) is 0 Å². The molecule has 0 atom stereocenters. The van der Waals surface area contributed by atoms with Gasteiger partial charge in [-0.25, -0.2) is 0 Å². The molecule has 0 bridgehead atoms. The fourth-order valence-corrected chi connectivity index (χ4v) is 4.40. The van der Waals surface area contributed by atoms with Crippen molar-refractivity contribution in [3.8, 4) is 0 Å². The summed E-state index contributed by atoms with van der Waals surface area (Å²) in [5.74, 6) is 2.06. The van der Waals surface area contributed by atoms with E-state index < -0.39 is 4.92 Å². The molecule has 0 unspecified atom stereocenters. The lowest BCUT2D eigenvalue weighted by Gasteiger charge is -2.27. The second kappa shape index (κ2) is 8.74. The first kappa shape index (κ1) is 20.3. The van der Waals surface area contributed by atoms with Crippen LogP contribution in [0.5, 0.6) is 0 Å². The molecule has 1 N–H and O–H groups in total. The molecular weight excluding hydrogens is 378 g/mol. The fraction of sp³-hybridized carbons (Fsp3) is 0.474. The van der Waals surface area contributed by atoms with Gasteiger partial charge >= 0.3 is 5.69 Å². The molecule has 2 heterocycles. The van der Waals surface area contributed by atoms with Gasteiger partial charge in [0.1, 0.15) is 17.9 Å². The third-order valence-electron chi connectivity index (χ3n) is 5.04. The van der Waals surface area contributed by atoms with Gasteiger partial charge in [0.05, 0.1) is 4.92 Å². The minimum Gasteiger partial charge on any atom is -0.324 e. The standard InChI is InChI=1S/C19H25N5O3S/c1-13-16(11-22-7-9-28-10-8-22)5-4-6-17(13)20-18(25)12-23-15(3)19(24(26)27)14(2)21-23/h4-6H,7-12H2,1-3H3,(H,20,25). The summed E-state index contributed by atoms with van der Waals surface area (Å²) in [5, 5.41) is 18.2. The normalized spacial score (nSPS) is 14.8. The number of nitrogens with one attached hydrogen (secondary N) is 1. The number of carbonyl (C=O) groups is 1. The third kappa shape index (κ3) is 4.53. The summed E-state index contributed by atoms with van der Waals surface area (Å²) in [6, 6.07) is 5.92. The monoisotopic (exact) mass is 403 g/mol. The van der Waals surface area contributed by atoms with Crippen LogP contribution in [0.25, 0.3) is 0 Å². The van der Waals surface area contributed by atoms with E-state index in [9.17, 15) is 14.9 Å². The summed E-state index contributed by atoms with van der Waals surface area (Å²) < 4.78 is 1.38. The molecule has 1 aromatic heterocycles. The van der Waals surface area contributed by atoms with Crippen molar-refractivity contribution < 1.29 is 9.72 Å². The highest BCUT2D eigenvalue weighted by atomic mass is 32.2.